The zero-order chi connectivity index (χ0) is 17.7. The highest BCUT2D eigenvalue weighted by molar-refractivity contribution is 6.17. The Morgan fingerprint density at radius 3 is 1.67 bits per heavy atom. The van der Waals surface area contributed by atoms with Crippen molar-refractivity contribution < 1.29 is 9.53 Å². The summed E-state index contributed by atoms with van der Waals surface area (Å²) in [6, 6.07) is 0. The molecule has 0 N–H and O–H groups in total. The molecule has 2 nitrogen and oxygen atoms in total. The van der Waals surface area contributed by atoms with Crippen LogP contribution in [0.3, 0.4) is 0 Å². The molecule has 0 heterocycles. The number of rotatable bonds is 19. The van der Waals surface area contributed by atoms with E-state index < -0.39 is 0 Å². The van der Waals surface area contributed by atoms with Crippen LogP contribution >= 0.6 is 11.6 Å². The van der Waals surface area contributed by atoms with Gasteiger partial charge >= 0.3 is 5.97 Å². The second-order valence-corrected chi connectivity index (χ2v) is 7.34. The van der Waals surface area contributed by atoms with Crippen LogP contribution in [-0.4, -0.2) is 18.5 Å². The number of halogens is 1. The predicted molar refractivity (Wildman–Crippen MR) is 106 cm³/mol. The molecule has 0 saturated heterocycles. The van der Waals surface area contributed by atoms with E-state index in [1.54, 1.807) is 0 Å². The van der Waals surface area contributed by atoms with Gasteiger partial charge in [-0.05, 0) is 19.3 Å². The second kappa shape index (κ2) is 20.8. The van der Waals surface area contributed by atoms with E-state index in [-0.39, 0.29) is 5.97 Å². The summed E-state index contributed by atoms with van der Waals surface area (Å²) >= 11 is 5.63. The molecule has 0 unspecified atom stereocenters. The fourth-order valence-corrected chi connectivity index (χ4v) is 3.11. The molecule has 0 fully saturated rings. The predicted octanol–water partition coefficient (Wildman–Crippen LogP) is 7.42. The van der Waals surface area contributed by atoms with Gasteiger partial charge in [0.2, 0.25) is 0 Å². The average Bonchev–Trinajstić information content (AvgIpc) is 2.59. The van der Waals surface area contributed by atoms with Gasteiger partial charge in [0.15, 0.2) is 0 Å². The Balaban J connectivity index is 3.11. The lowest BCUT2D eigenvalue weighted by atomic mass is 10.1. The Morgan fingerprint density at radius 2 is 1.12 bits per heavy atom. The van der Waals surface area contributed by atoms with Crippen molar-refractivity contribution in [3.8, 4) is 0 Å². The van der Waals surface area contributed by atoms with Gasteiger partial charge in [0.1, 0.15) is 0 Å². The van der Waals surface area contributed by atoms with E-state index in [1.807, 2.05) is 0 Å². The van der Waals surface area contributed by atoms with E-state index in [4.69, 9.17) is 16.3 Å². The van der Waals surface area contributed by atoms with E-state index in [1.165, 1.54) is 77.0 Å². The topological polar surface area (TPSA) is 26.3 Å². The molecule has 3 heteroatoms. The molecule has 24 heavy (non-hydrogen) atoms. The Morgan fingerprint density at radius 1 is 0.667 bits per heavy atom. The fourth-order valence-electron chi connectivity index (χ4n) is 2.92. The summed E-state index contributed by atoms with van der Waals surface area (Å²) in [7, 11) is 0. The van der Waals surface area contributed by atoms with Crippen molar-refractivity contribution in [3.63, 3.8) is 0 Å². The maximum atomic E-state index is 11.6. The monoisotopic (exact) mass is 360 g/mol. The normalized spacial score (nSPS) is 10.9. The number of carbonyl (C=O) groups is 1. The van der Waals surface area contributed by atoms with E-state index in [0.29, 0.717) is 13.0 Å². The van der Waals surface area contributed by atoms with Crippen molar-refractivity contribution in [2.45, 2.75) is 116 Å². The zero-order valence-corrected chi connectivity index (χ0v) is 16.9. The smallest absolute Gasteiger partial charge is 0.305 e. The summed E-state index contributed by atoms with van der Waals surface area (Å²) in [5.41, 5.74) is 0. The van der Waals surface area contributed by atoms with Gasteiger partial charge in [-0.2, -0.15) is 0 Å². The number of ether oxygens (including phenoxy) is 1. The SMILES string of the molecule is CCCCCCCCCCCCCOC(=O)CCCCCCCCl. The van der Waals surface area contributed by atoms with Gasteiger partial charge in [0.25, 0.3) is 0 Å². The first-order chi connectivity index (χ1) is 11.8. The van der Waals surface area contributed by atoms with E-state index in [0.717, 1.165) is 31.6 Å². The molecule has 0 aliphatic rings. The maximum Gasteiger partial charge on any atom is 0.305 e. The zero-order valence-electron chi connectivity index (χ0n) is 16.1. The number of alkyl halides is 1. The van der Waals surface area contributed by atoms with Crippen molar-refractivity contribution in [1.82, 2.24) is 0 Å². The summed E-state index contributed by atoms with van der Waals surface area (Å²) in [4.78, 5) is 11.6. The van der Waals surface area contributed by atoms with E-state index >= 15 is 0 Å². The van der Waals surface area contributed by atoms with Crippen molar-refractivity contribution in [2.75, 3.05) is 12.5 Å². The average molecular weight is 361 g/mol. The highest BCUT2D eigenvalue weighted by Gasteiger charge is 2.02. The molecule has 0 radical (unpaired) electrons. The van der Waals surface area contributed by atoms with Crippen LogP contribution in [0.5, 0.6) is 0 Å². The molecule has 144 valence electrons. The lowest BCUT2D eigenvalue weighted by Gasteiger charge is -2.05. The molecular formula is C21H41ClO2. The number of carbonyl (C=O) groups excluding carboxylic acids is 1. The molecule has 0 spiro atoms. The number of hydrogen-bond acceptors (Lipinski definition) is 2. The largest absolute Gasteiger partial charge is 0.466 e. The lowest BCUT2D eigenvalue weighted by molar-refractivity contribution is -0.143. The summed E-state index contributed by atoms with van der Waals surface area (Å²) in [5, 5.41) is 0. The molecule has 0 atom stereocenters. The maximum absolute atomic E-state index is 11.6. The van der Waals surface area contributed by atoms with Crippen LogP contribution in [0.1, 0.15) is 116 Å². The standard InChI is InChI=1S/C21H41ClO2/c1-2-3-4-5-6-7-8-9-10-14-17-20-24-21(23)18-15-12-11-13-16-19-22/h2-20H2,1H3. The first kappa shape index (κ1) is 23.8. The van der Waals surface area contributed by atoms with E-state index in [2.05, 4.69) is 6.92 Å². The van der Waals surface area contributed by atoms with Crippen molar-refractivity contribution >= 4 is 17.6 Å². The first-order valence-corrected chi connectivity index (χ1v) is 11.1. The number of hydrogen-bond donors (Lipinski definition) is 0. The van der Waals surface area contributed by atoms with Crippen LogP contribution in [-0.2, 0) is 9.53 Å². The van der Waals surface area contributed by atoms with Gasteiger partial charge in [-0.25, -0.2) is 0 Å². The number of esters is 1. The van der Waals surface area contributed by atoms with Crippen molar-refractivity contribution in [2.24, 2.45) is 0 Å². The van der Waals surface area contributed by atoms with Crippen LogP contribution in [0.25, 0.3) is 0 Å². The van der Waals surface area contributed by atoms with Gasteiger partial charge < -0.3 is 4.74 Å². The minimum atomic E-state index is -0.0144. The third-order valence-corrected chi connectivity index (χ3v) is 4.79. The molecule has 0 saturated carbocycles. The van der Waals surface area contributed by atoms with Gasteiger partial charge in [-0.15, -0.1) is 11.6 Å². The van der Waals surface area contributed by atoms with Crippen LogP contribution in [0.4, 0.5) is 0 Å². The molecule has 0 aliphatic heterocycles. The highest BCUT2D eigenvalue weighted by Crippen LogP contribution is 2.11. The summed E-state index contributed by atoms with van der Waals surface area (Å²) in [6.07, 6.45) is 20.7. The third-order valence-electron chi connectivity index (χ3n) is 4.53. The Kier molecular flexibility index (Phi) is 20.6. The van der Waals surface area contributed by atoms with Crippen LogP contribution < -0.4 is 0 Å². The fraction of sp³-hybridized carbons (Fsp3) is 0.952. The first-order valence-electron chi connectivity index (χ1n) is 10.5. The quantitative estimate of drug-likeness (QED) is 0.136. The van der Waals surface area contributed by atoms with Crippen LogP contribution in [0.15, 0.2) is 0 Å². The van der Waals surface area contributed by atoms with E-state index in [9.17, 15) is 4.79 Å². The minimum Gasteiger partial charge on any atom is -0.466 e. The van der Waals surface area contributed by atoms with Gasteiger partial charge in [-0.3, -0.25) is 4.79 Å². The molecule has 0 aromatic carbocycles. The summed E-state index contributed by atoms with van der Waals surface area (Å²) < 4.78 is 5.29. The van der Waals surface area contributed by atoms with Gasteiger partial charge in [0.05, 0.1) is 6.61 Å². The molecule has 0 bridgehead atoms. The Bertz CT molecular complexity index is 256. The van der Waals surface area contributed by atoms with Crippen LogP contribution in [0, 0.1) is 0 Å². The molecular weight excluding hydrogens is 320 g/mol. The van der Waals surface area contributed by atoms with Crippen LogP contribution in [0.2, 0.25) is 0 Å². The Labute approximate surface area is 156 Å². The molecule has 0 aliphatic carbocycles. The highest BCUT2D eigenvalue weighted by atomic mass is 35.5. The summed E-state index contributed by atoms with van der Waals surface area (Å²) in [6.45, 7) is 2.88. The summed E-state index contributed by atoms with van der Waals surface area (Å²) in [5.74, 6) is 0.737. The molecule has 0 rings (SSSR count). The van der Waals surface area contributed by atoms with Crippen molar-refractivity contribution in [3.05, 3.63) is 0 Å². The van der Waals surface area contributed by atoms with Gasteiger partial charge in [-0.1, -0.05) is 90.4 Å². The second-order valence-electron chi connectivity index (χ2n) is 6.96. The van der Waals surface area contributed by atoms with Crippen molar-refractivity contribution in [1.29, 1.82) is 0 Å². The number of unbranched alkanes of at least 4 members (excludes halogenated alkanes) is 14. The molecule has 0 aromatic rings. The Hall–Kier alpha value is -0.240. The minimum absolute atomic E-state index is 0.0144. The molecule has 0 amide bonds. The van der Waals surface area contributed by atoms with Gasteiger partial charge in [0, 0.05) is 12.3 Å². The third kappa shape index (κ3) is 19.8. The molecule has 0 aromatic heterocycles. The lowest BCUT2D eigenvalue weighted by Crippen LogP contribution is -2.05.